The van der Waals surface area contributed by atoms with Gasteiger partial charge < -0.3 is 5.11 Å². The van der Waals surface area contributed by atoms with Gasteiger partial charge in [-0.25, -0.2) is 0 Å². The third-order valence-electron chi connectivity index (χ3n) is 2.60. The van der Waals surface area contributed by atoms with Gasteiger partial charge in [0.25, 0.3) is 0 Å². The number of phenols is 1. The molecular formula is C14H22CaO. The Bertz CT molecular complexity index is 356. The van der Waals surface area contributed by atoms with E-state index in [9.17, 15) is 5.11 Å². The summed E-state index contributed by atoms with van der Waals surface area (Å²) in [6, 6.07) is 5.81. The monoisotopic (exact) mass is 246 g/mol. The quantitative estimate of drug-likeness (QED) is 0.693. The summed E-state index contributed by atoms with van der Waals surface area (Å²) in [4.78, 5) is 0. The maximum Gasteiger partial charge on any atom is 0.119 e. The predicted octanol–water partition coefficient (Wildman–Crippen LogP) is 3.61. The minimum atomic E-state index is -0.0199. The normalized spacial score (nSPS) is 12.1. The largest absolute Gasteiger partial charge is 0.508 e. The molecule has 1 nitrogen and oxygen atoms in total. The van der Waals surface area contributed by atoms with Crippen LogP contribution in [0, 0.1) is 0 Å². The topological polar surface area (TPSA) is 20.2 Å². The SMILES string of the molecule is CC(C)(C)c1cccc(O)c1C(C)(C)C.[Ca]. The van der Waals surface area contributed by atoms with E-state index in [-0.39, 0.29) is 48.6 Å². The van der Waals surface area contributed by atoms with E-state index in [0.29, 0.717) is 5.75 Å². The van der Waals surface area contributed by atoms with Gasteiger partial charge in [0.1, 0.15) is 5.75 Å². The minimum Gasteiger partial charge on any atom is -0.508 e. The Morgan fingerprint density at radius 1 is 0.875 bits per heavy atom. The third-order valence-corrected chi connectivity index (χ3v) is 2.60. The fraction of sp³-hybridized carbons (Fsp3) is 0.571. The molecule has 1 aromatic rings. The molecule has 86 valence electrons. The molecule has 0 amide bonds. The second-order valence-corrected chi connectivity index (χ2v) is 6.20. The van der Waals surface area contributed by atoms with Gasteiger partial charge in [0.15, 0.2) is 0 Å². The fourth-order valence-corrected chi connectivity index (χ4v) is 1.95. The standard InChI is InChI=1S/C14H22O.Ca/c1-13(2,3)10-8-7-9-11(15)12(10)14(4,5)6;/h7-9,15H,1-6H3;. The summed E-state index contributed by atoms with van der Waals surface area (Å²) >= 11 is 0. The van der Waals surface area contributed by atoms with E-state index in [0.717, 1.165) is 5.56 Å². The first-order chi connectivity index (χ1) is 6.64. The van der Waals surface area contributed by atoms with E-state index < -0.39 is 0 Å². The van der Waals surface area contributed by atoms with E-state index in [2.05, 4.69) is 47.6 Å². The number of phenolic OH excluding ortho intramolecular Hbond substituents is 1. The second kappa shape index (κ2) is 5.29. The molecule has 0 atom stereocenters. The van der Waals surface area contributed by atoms with Crippen molar-refractivity contribution in [3.05, 3.63) is 29.3 Å². The molecule has 0 saturated carbocycles. The Labute approximate surface area is 129 Å². The molecule has 2 heteroatoms. The zero-order valence-electron chi connectivity index (χ0n) is 11.4. The second-order valence-electron chi connectivity index (χ2n) is 6.20. The van der Waals surface area contributed by atoms with Crippen molar-refractivity contribution in [1.82, 2.24) is 0 Å². The van der Waals surface area contributed by atoms with Gasteiger partial charge in [0, 0.05) is 43.3 Å². The Hall–Kier alpha value is 0.280. The maximum absolute atomic E-state index is 9.99. The maximum atomic E-state index is 9.99. The zero-order chi connectivity index (χ0) is 11.9. The molecular weight excluding hydrogens is 224 g/mol. The number of hydrogen-bond acceptors (Lipinski definition) is 1. The smallest absolute Gasteiger partial charge is 0.119 e. The van der Waals surface area contributed by atoms with Gasteiger partial charge in [-0.15, -0.1) is 0 Å². The summed E-state index contributed by atoms with van der Waals surface area (Å²) in [5, 5.41) is 9.99. The van der Waals surface area contributed by atoms with Crippen molar-refractivity contribution in [3.8, 4) is 5.75 Å². The summed E-state index contributed by atoms with van der Waals surface area (Å²) in [7, 11) is 0. The van der Waals surface area contributed by atoms with Gasteiger partial charge >= 0.3 is 0 Å². The number of benzene rings is 1. The average molecular weight is 246 g/mol. The van der Waals surface area contributed by atoms with E-state index in [1.807, 2.05) is 6.07 Å². The summed E-state index contributed by atoms with van der Waals surface area (Å²) in [5.74, 6) is 0.412. The van der Waals surface area contributed by atoms with Crippen molar-refractivity contribution in [2.24, 2.45) is 0 Å². The molecule has 1 rings (SSSR count). The molecule has 0 unspecified atom stereocenters. The van der Waals surface area contributed by atoms with Gasteiger partial charge in [-0.2, -0.15) is 0 Å². The van der Waals surface area contributed by atoms with Crippen LogP contribution in [-0.2, 0) is 10.8 Å². The Morgan fingerprint density at radius 3 is 1.69 bits per heavy atom. The first kappa shape index (κ1) is 16.3. The number of aromatic hydroxyl groups is 1. The van der Waals surface area contributed by atoms with Gasteiger partial charge in [-0.05, 0) is 22.5 Å². The first-order valence-corrected chi connectivity index (χ1v) is 5.47. The van der Waals surface area contributed by atoms with Crippen LogP contribution in [0.25, 0.3) is 0 Å². The van der Waals surface area contributed by atoms with E-state index >= 15 is 0 Å². The predicted molar refractivity (Wildman–Crippen MR) is 71.3 cm³/mol. The Kier molecular flexibility index (Phi) is 5.38. The zero-order valence-corrected chi connectivity index (χ0v) is 13.6. The van der Waals surface area contributed by atoms with Gasteiger partial charge in [0.05, 0.1) is 0 Å². The van der Waals surface area contributed by atoms with Crippen LogP contribution in [0.2, 0.25) is 0 Å². The van der Waals surface area contributed by atoms with Crippen molar-refractivity contribution in [2.75, 3.05) is 0 Å². The van der Waals surface area contributed by atoms with Crippen molar-refractivity contribution < 1.29 is 5.11 Å². The van der Waals surface area contributed by atoms with Crippen LogP contribution in [0.5, 0.6) is 5.75 Å². The van der Waals surface area contributed by atoms with Crippen LogP contribution >= 0.6 is 0 Å². The summed E-state index contributed by atoms with van der Waals surface area (Å²) in [6.45, 7) is 12.9. The Balaban J connectivity index is 0.00000225. The molecule has 0 aliphatic heterocycles. The molecule has 0 fully saturated rings. The molecule has 0 aliphatic rings. The molecule has 2 radical (unpaired) electrons. The summed E-state index contributed by atoms with van der Waals surface area (Å²) < 4.78 is 0. The fourth-order valence-electron chi connectivity index (χ4n) is 1.95. The van der Waals surface area contributed by atoms with Crippen molar-refractivity contribution in [3.63, 3.8) is 0 Å². The minimum absolute atomic E-state index is 0. The number of hydrogen-bond donors (Lipinski definition) is 1. The van der Waals surface area contributed by atoms with Gasteiger partial charge in [-0.1, -0.05) is 53.7 Å². The Morgan fingerprint density at radius 2 is 1.38 bits per heavy atom. The van der Waals surface area contributed by atoms with Crippen LogP contribution in [-0.4, -0.2) is 42.8 Å². The van der Waals surface area contributed by atoms with Gasteiger partial charge in [-0.3, -0.25) is 0 Å². The molecule has 0 bridgehead atoms. The van der Waals surface area contributed by atoms with Crippen LogP contribution in [0.1, 0.15) is 52.7 Å². The molecule has 0 aliphatic carbocycles. The van der Waals surface area contributed by atoms with Crippen LogP contribution < -0.4 is 0 Å². The first-order valence-electron chi connectivity index (χ1n) is 5.47. The van der Waals surface area contributed by atoms with Crippen molar-refractivity contribution in [2.45, 2.75) is 52.4 Å². The molecule has 1 N–H and O–H groups in total. The average Bonchev–Trinajstić information content (AvgIpc) is 1.99. The van der Waals surface area contributed by atoms with Crippen LogP contribution in [0.3, 0.4) is 0 Å². The van der Waals surface area contributed by atoms with Crippen LogP contribution in [0.4, 0.5) is 0 Å². The van der Waals surface area contributed by atoms with Gasteiger partial charge in [0.2, 0.25) is 0 Å². The van der Waals surface area contributed by atoms with E-state index in [1.54, 1.807) is 6.07 Å². The molecule has 0 saturated heterocycles. The molecule has 0 aromatic heterocycles. The summed E-state index contributed by atoms with van der Waals surface area (Å²) in [5.41, 5.74) is 2.35. The van der Waals surface area contributed by atoms with Crippen LogP contribution in [0.15, 0.2) is 18.2 Å². The molecule has 0 spiro atoms. The molecule has 1 aromatic carbocycles. The van der Waals surface area contributed by atoms with Crippen molar-refractivity contribution >= 4 is 37.7 Å². The third kappa shape index (κ3) is 3.65. The van der Waals surface area contributed by atoms with E-state index in [1.165, 1.54) is 5.56 Å². The van der Waals surface area contributed by atoms with E-state index in [4.69, 9.17) is 0 Å². The molecule has 0 heterocycles. The molecule has 16 heavy (non-hydrogen) atoms. The van der Waals surface area contributed by atoms with Crippen molar-refractivity contribution in [1.29, 1.82) is 0 Å². The number of rotatable bonds is 0. The summed E-state index contributed by atoms with van der Waals surface area (Å²) in [6.07, 6.45) is 0.